The number of carbonyl (C=O) groups is 1. The first kappa shape index (κ1) is 13.8. The summed E-state index contributed by atoms with van der Waals surface area (Å²) < 4.78 is 5.32. The number of nitrogens with zero attached hydrogens (tertiary/aromatic N) is 2. The molecule has 1 N–H and O–H groups in total. The summed E-state index contributed by atoms with van der Waals surface area (Å²) in [6.45, 7) is 0. The molecule has 0 spiro atoms. The van der Waals surface area contributed by atoms with Crippen molar-refractivity contribution in [3.63, 3.8) is 0 Å². The Bertz CT molecular complexity index is 697. The van der Waals surface area contributed by atoms with Gasteiger partial charge in [0, 0.05) is 10.9 Å². The summed E-state index contributed by atoms with van der Waals surface area (Å²) in [5, 5.41) is 17.8. The van der Waals surface area contributed by atoms with Crippen LogP contribution >= 0.6 is 11.6 Å². The van der Waals surface area contributed by atoms with Gasteiger partial charge in [0.05, 0.1) is 18.4 Å². The molecule has 2 aromatic rings. The van der Waals surface area contributed by atoms with Gasteiger partial charge in [0.2, 0.25) is 5.69 Å². The minimum absolute atomic E-state index is 0.174. The Balaban J connectivity index is 2.25. The lowest BCUT2D eigenvalue weighted by Gasteiger charge is -2.14. The van der Waals surface area contributed by atoms with Crippen molar-refractivity contribution in [2.75, 3.05) is 7.11 Å². The number of hydrogen-bond acceptors (Lipinski definition) is 4. The van der Waals surface area contributed by atoms with Crippen LogP contribution in [0.4, 0.5) is 0 Å². The lowest BCUT2D eigenvalue weighted by atomic mass is 10.00. The first-order valence-corrected chi connectivity index (χ1v) is 6.93. The third-order valence-electron chi connectivity index (χ3n) is 3.46. The van der Waals surface area contributed by atoms with E-state index in [-0.39, 0.29) is 11.4 Å². The highest BCUT2D eigenvalue weighted by molar-refractivity contribution is 6.30. The normalized spacial score (nSPS) is 14.0. The van der Waals surface area contributed by atoms with Gasteiger partial charge in [-0.3, -0.25) is 0 Å². The highest BCUT2D eigenvalue weighted by atomic mass is 35.5. The third-order valence-corrected chi connectivity index (χ3v) is 3.71. The van der Waals surface area contributed by atoms with Crippen LogP contribution in [0.2, 0.25) is 5.02 Å². The maximum absolute atomic E-state index is 11.3. The number of hydrogen-bond donors (Lipinski definition) is 1. The second-order valence-electron chi connectivity index (χ2n) is 4.93. The predicted molar refractivity (Wildman–Crippen MR) is 78.0 cm³/mol. The van der Waals surface area contributed by atoms with Crippen molar-refractivity contribution in [3.8, 4) is 16.9 Å². The number of methoxy groups -OCH3 is 1. The van der Waals surface area contributed by atoms with E-state index in [9.17, 15) is 9.90 Å². The second kappa shape index (κ2) is 5.33. The van der Waals surface area contributed by atoms with Crippen LogP contribution in [-0.4, -0.2) is 28.4 Å². The molecule has 21 heavy (non-hydrogen) atoms. The Hall–Kier alpha value is -2.14. The molecule has 0 radical (unpaired) electrons. The molecular formula is C15H13ClN2O3. The fourth-order valence-corrected chi connectivity index (χ4v) is 2.44. The van der Waals surface area contributed by atoms with Gasteiger partial charge in [-0.05, 0) is 30.5 Å². The molecule has 1 fully saturated rings. The van der Waals surface area contributed by atoms with E-state index in [0.29, 0.717) is 16.5 Å². The third kappa shape index (κ3) is 2.56. The number of aromatic nitrogens is 2. The number of halogens is 1. The first-order chi connectivity index (χ1) is 10.1. The van der Waals surface area contributed by atoms with Crippen molar-refractivity contribution in [1.82, 2.24) is 10.2 Å². The zero-order valence-corrected chi connectivity index (χ0v) is 12.1. The van der Waals surface area contributed by atoms with Crippen LogP contribution in [0.25, 0.3) is 11.1 Å². The highest BCUT2D eigenvalue weighted by Gasteiger charge is 2.32. The Labute approximate surface area is 126 Å². The molecule has 0 unspecified atom stereocenters. The van der Waals surface area contributed by atoms with E-state index in [1.54, 1.807) is 12.1 Å². The fourth-order valence-electron chi connectivity index (χ4n) is 2.31. The van der Waals surface area contributed by atoms with Gasteiger partial charge in [-0.2, -0.15) is 5.10 Å². The molecule has 0 aliphatic heterocycles. The number of rotatable bonds is 4. The van der Waals surface area contributed by atoms with E-state index >= 15 is 0 Å². The molecule has 1 aliphatic carbocycles. The molecule has 108 valence electrons. The summed E-state index contributed by atoms with van der Waals surface area (Å²) in [6.07, 6.45) is 2.07. The monoisotopic (exact) mass is 304 g/mol. The molecule has 3 rings (SSSR count). The Morgan fingerprint density at radius 3 is 2.48 bits per heavy atom. The van der Waals surface area contributed by atoms with E-state index in [4.69, 9.17) is 16.3 Å². The van der Waals surface area contributed by atoms with E-state index in [0.717, 1.165) is 24.1 Å². The number of ether oxygens (including phenoxy) is 1. The number of benzene rings is 1. The Morgan fingerprint density at radius 2 is 1.95 bits per heavy atom. The van der Waals surface area contributed by atoms with Crippen LogP contribution in [0.1, 0.15) is 34.9 Å². The van der Waals surface area contributed by atoms with Gasteiger partial charge in [0.25, 0.3) is 0 Å². The first-order valence-electron chi connectivity index (χ1n) is 6.55. The van der Waals surface area contributed by atoms with Gasteiger partial charge in [0.1, 0.15) is 0 Å². The molecule has 1 saturated carbocycles. The van der Waals surface area contributed by atoms with Crippen LogP contribution in [0.3, 0.4) is 0 Å². The molecule has 0 saturated heterocycles. The van der Waals surface area contributed by atoms with Gasteiger partial charge in [0.15, 0.2) is 5.75 Å². The highest BCUT2D eigenvalue weighted by Crippen LogP contribution is 2.46. The molecule has 1 aromatic carbocycles. The van der Waals surface area contributed by atoms with Crippen LogP contribution in [-0.2, 0) is 0 Å². The molecule has 0 atom stereocenters. The summed E-state index contributed by atoms with van der Waals surface area (Å²) in [6, 6.07) is 7.18. The van der Waals surface area contributed by atoms with Crippen LogP contribution in [0, 0.1) is 0 Å². The number of carboxylic acid groups (broad SMARTS) is 1. The smallest absolute Gasteiger partial charge is 0.360 e. The predicted octanol–water partition coefficient (Wildman–Crippen LogP) is 3.38. The molecule has 5 nitrogen and oxygen atoms in total. The van der Waals surface area contributed by atoms with E-state index in [1.165, 1.54) is 7.11 Å². The minimum Gasteiger partial charge on any atom is -0.493 e. The molecule has 0 bridgehead atoms. The van der Waals surface area contributed by atoms with E-state index < -0.39 is 5.97 Å². The minimum atomic E-state index is -1.16. The van der Waals surface area contributed by atoms with Gasteiger partial charge in [-0.1, -0.05) is 23.7 Å². The zero-order valence-electron chi connectivity index (χ0n) is 11.3. The molecule has 0 amide bonds. The van der Waals surface area contributed by atoms with E-state index in [1.807, 2.05) is 12.1 Å². The molecular weight excluding hydrogens is 292 g/mol. The van der Waals surface area contributed by atoms with Crippen LogP contribution < -0.4 is 4.74 Å². The summed E-state index contributed by atoms with van der Waals surface area (Å²) in [5.74, 6) is -0.585. The molecule has 1 aromatic heterocycles. The second-order valence-corrected chi connectivity index (χ2v) is 5.36. The number of carboxylic acids is 1. The molecule has 1 heterocycles. The Morgan fingerprint density at radius 1 is 1.29 bits per heavy atom. The lowest BCUT2D eigenvalue weighted by Crippen LogP contribution is -2.09. The molecule has 6 heteroatoms. The van der Waals surface area contributed by atoms with E-state index in [2.05, 4.69) is 10.2 Å². The van der Waals surface area contributed by atoms with Crippen molar-refractivity contribution < 1.29 is 14.6 Å². The van der Waals surface area contributed by atoms with Crippen molar-refractivity contribution in [2.45, 2.75) is 18.8 Å². The maximum atomic E-state index is 11.3. The SMILES string of the molecule is COc1c(C(=O)O)nnc(C2CC2)c1-c1ccc(Cl)cc1. The van der Waals surface area contributed by atoms with Crippen molar-refractivity contribution in [3.05, 3.63) is 40.7 Å². The Kier molecular flexibility index (Phi) is 3.51. The van der Waals surface area contributed by atoms with Crippen molar-refractivity contribution in [2.24, 2.45) is 0 Å². The van der Waals surface area contributed by atoms with Crippen molar-refractivity contribution in [1.29, 1.82) is 0 Å². The largest absolute Gasteiger partial charge is 0.493 e. The van der Waals surface area contributed by atoms with Crippen molar-refractivity contribution >= 4 is 17.6 Å². The van der Waals surface area contributed by atoms with Gasteiger partial charge in [-0.25, -0.2) is 4.79 Å². The summed E-state index contributed by atoms with van der Waals surface area (Å²) >= 11 is 5.92. The van der Waals surface area contributed by atoms with Crippen LogP contribution in [0.15, 0.2) is 24.3 Å². The average Bonchev–Trinajstić information content (AvgIpc) is 3.31. The maximum Gasteiger partial charge on any atom is 0.360 e. The fraction of sp³-hybridized carbons (Fsp3) is 0.267. The lowest BCUT2D eigenvalue weighted by molar-refractivity contribution is 0.0685. The molecule has 1 aliphatic rings. The standard InChI is InChI=1S/C15H13ClN2O3/c1-21-14-11(8-4-6-10(16)7-5-8)12(9-2-3-9)17-18-13(14)15(19)20/h4-7,9H,2-3H2,1H3,(H,19,20). The summed E-state index contributed by atoms with van der Waals surface area (Å²) in [5.41, 5.74) is 2.14. The summed E-state index contributed by atoms with van der Waals surface area (Å²) in [7, 11) is 1.44. The topological polar surface area (TPSA) is 72.3 Å². The van der Waals surface area contributed by atoms with Crippen LogP contribution in [0.5, 0.6) is 5.75 Å². The van der Waals surface area contributed by atoms with Gasteiger partial charge in [-0.15, -0.1) is 5.10 Å². The number of aromatic carboxylic acids is 1. The van der Waals surface area contributed by atoms with Gasteiger partial charge < -0.3 is 9.84 Å². The average molecular weight is 305 g/mol. The van der Waals surface area contributed by atoms with Gasteiger partial charge >= 0.3 is 5.97 Å². The quantitative estimate of drug-likeness (QED) is 0.937. The summed E-state index contributed by atoms with van der Waals surface area (Å²) in [4.78, 5) is 11.3. The zero-order chi connectivity index (χ0) is 15.0.